The molecule has 1 aromatic carbocycles. The summed E-state index contributed by atoms with van der Waals surface area (Å²) in [6, 6.07) is 4.66. The van der Waals surface area contributed by atoms with Crippen molar-refractivity contribution in [3.05, 3.63) is 28.8 Å². The first-order chi connectivity index (χ1) is 13.5. The molecule has 0 saturated heterocycles. The van der Waals surface area contributed by atoms with Crippen LogP contribution in [-0.4, -0.2) is 43.9 Å². The fourth-order valence-electron chi connectivity index (χ4n) is 2.01. The fourth-order valence-corrected chi connectivity index (χ4v) is 2.26. The Balaban J connectivity index is 3.05. The Morgan fingerprint density at radius 3 is 2.04 bits per heavy atom. The first-order valence-electron chi connectivity index (χ1n) is 9.29. The summed E-state index contributed by atoms with van der Waals surface area (Å²) in [7, 11) is 0. The number of aliphatic imine (C=N–C) groups is 1. The molecule has 0 unspecified atom stereocenters. The first kappa shape index (κ1) is 23.6. The number of hydrogen-bond acceptors (Lipinski definition) is 7. The summed E-state index contributed by atoms with van der Waals surface area (Å²) in [5.74, 6) is -3.38. The molecule has 0 N–H and O–H groups in total. The summed E-state index contributed by atoms with van der Waals surface area (Å²) in [4.78, 5) is 40.6. The fraction of sp³-hybridized carbons (Fsp3) is 0.500. The van der Waals surface area contributed by atoms with Gasteiger partial charge in [0.1, 0.15) is 0 Å². The quantitative estimate of drug-likeness (QED) is 0.235. The number of ether oxygens (including phenoxy) is 3. The first-order valence-corrected chi connectivity index (χ1v) is 9.67. The third kappa shape index (κ3) is 7.31. The predicted octanol–water partition coefficient (Wildman–Crippen LogP) is 4.13. The van der Waals surface area contributed by atoms with E-state index in [1.807, 2.05) is 20.8 Å². The van der Waals surface area contributed by atoms with E-state index in [-0.39, 0.29) is 36.1 Å². The van der Waals surface area contributed by atoms with Crippen molar-refractivity contribution in [2.75, 3.05) is 19.8 Å². The third-order valence-corrected chi connectivity index (χ3v) is 3.80. The summed E-state index contributed by atoms with van der Waals surface area (Å²) in [5.41, 5.74) is 0.382. The molecule has 0 radical (unpaired) electrons. The van der Waals surface area contributed by atoms with Crippen LogP contribution in [0.2, 0.25) is 5.02 Å². The second-order valence-electron chi connectivity index (χ2n) is 5.87. The van der Waals surface area contributed by atoms with Gasteiger partial charge in [0.25, 0.3) is 0 Å². The Morgan fingerprint density at radius 1 is 0.964 bits per heavy atom. The summed E-state index contributed by atoms with van der Waals surface area (Å²) in [5, 5.41) is 0.0717. The van der Waals surface area contributed by atoms with Crippen LogP contribution >= 0.6 is 11.6 Å². The van der Waals surface area contributed by atoms with Gasteiger partial charge in [0.15, 0.2) is 5.92 Å². The van der Waals surface area contributed by atoms with E-state index in [1.54, 1.807) is 12.1 Å². The molecule has 1 aromatic rings. The SMILES string of the molecule is CCCOC(=O)c1cccc(N=CC(C(=O)OCCC)C(=O)OCCC)c1Cl. The average molecular weight is 412 g/mol. The second kappa shape index (κ2) is 12.9. The van der Waals surface area contributed by atoms with Crippen LogP contribution < -0.4 is 0 Å². The smallest absolute Gasteiger partial charge is 0.339 e. The number of carbonyl (C=O) groups is 3. The summed E-state index contributed by atoms with van der Waals surface area (Å²) >= 11 is 6.25. The molecule has 7 nitrogen and oxygen atoms in total. The van der Waals surface area contributed by atoms with Crippen LogP contribution in [0.15, 0.2) is 23.2 Å². The van der Waals surface area contributed by atoms with Crippen LogP contribution in [0.4, 0.5) is 5.69 Å². The molecule has 0 bridgehead atoms. The lowest BCUT2D eigenvalue weighted by Gasteiger charge is -2.11. The maximum Gasteiger partial charge on any atom is 0.339 e. The number of halogens is 1. The molecule has 0 aliphatic carbocycles. The van der Waals surface area contributed by atoms with Gasteiger partial charge in [-0.2, -0.15) is 0 Å². The van der Waals surface area contributed by atoms with Crippen LogP contribution in [0.25, 0.3) is 0 Å². The minimum Gasteiger partial charge on any atom is -0.465 e. The number of rotatable bonds is 11. The van der Waals surface area contributed by atoms with Crippen molar-refractivity contribution in [2.24, 2.45) is 10.9 Å². The number of carbonyl (C=O) groups excluding carboxylic acids is 3. The Labute approximate surface area is 170 Å². The van der Waals surface area contributed by atoms with Crippen molar-refractivity contribution in [3.8, 4) is 0 Å². The van der Waals surface area contributed by atoms with Crippen LogP contribution in [0.5, 0.6) is 0 Å². The van der Waals surface area contributed by atoms with Crippen molar-refractivity contribution in [1.82, 2.24) is 0 Å². The largest absolute Gasteiger partial charge is 0.465 e. The van der Waals surface area contributed by atoms with Crippen LogP contribution in [0, 0.1) is 5.92 Å². The maximum atomic E-state index is 12.2. The van der Waals surface area contributed by atoms with Crippen LogP contribution in [-0.2, 0) is 23.8 Å². The lowest BCUT2D eigenvalue weighted by molar-refractivity contribution is -0.158. The van der Waals surface area contributed by atoms with Gasteiger partial charge in [0.05, 0.1) is 36.1 Å². The molecule has 0 amide bonds. The van der Waals surface area contributed by atoms with Gasteiger partial charge in [-0.25, -0.2) is 4.79 Å². The van der Waals surface area contributed by atoms with Gasteiger partial charge in [-0.1, -0.05) is 38.4 Å². The molecule has 0 spiro atoms. The number of benzene rings is 1. The van der Waals surface area contributed by atoms with E-state index in [0.29, 0.717) is 19.3 Å². The highest BCUT2D eigenvalue weighted by Crippen LogP contribution is 2.29. The van der Waals surface area contributed by atoms with Gasteiger partial charge in [-0.05, 0) is 31.4 Å². The zero-order valence-electron chi connectivity index (χ0n) is 16.4. The minimum absolute atomic E-state index is 0.0717. The highest BCUT2D eigenvalue weighted by molar-refractivity contribution is 6.36. The molecule has 0 aliphatic heterocycles. The number of esters is 3. The number of nitrogens with zero attached hydrogens (tertiary/aromatic N) is 1. The highest BCUT2D eigenvalue weighted by atomic mass is 35.5. The normalized spacial score (nSPS) is 10.9. The van der Waals surface area contributed by atoms with E-state index in [0.717, 1.165) is 6.21 Å². The van der Waals surface area contributed by atoms with E-state index < -0.39 is 23.8 Å². The van der Waals surface area contributed by atoms with Crippen molar-refractivity contribution < 1.29 is 28.6 Å². The molecule has 0 aliphatic rings. The predicted molar refractivity (Wildman–Crippen MR) is 106 cm³/mol. The van der Waals surface area contributed by atoms with E-state index in [2.05, 4.69) is 4.99 Å². The minimum atomic E-state index is -1.31. The molecule has 28 heavy (non-hydrogen) atoms. The van der Waals surface area contributed by atoms with Gasteiger partial charge in [0, 0.05) is 6.21 Å². The Morgan fingerprint density at radius 2 is 1.50 bits per heavy atom. The van der Waals surface area contributed by atoms with Crippen molar-refractivity contribution in [2.45, 2.75) is 40.0 Å². The van der Waals surface area contributed by atoms with E-state index in [9.17, 15) is 14.4 Å². The Bertz CT molecular complexity index is 684. The molecule has 154 valence electrons. The highest BCUT2D eigenvalue weighted by Gasteiger charge is 2.28. The van der Waals surface area contributed by atoms with Crippen molar-refractivity contribution >= 4 is 41.4 Å². The molecule has 0 atom stereocenters. The van der Waals surface area contributed by atoms with Crippen LogP contribution in [0.1, 0.15) is 50.4 Å². The molecular formula is C20H26ClNO6. The molecular weight excluding hydrogens is 386 g/mol. The zero-order valence-corrected chi connectivity index (χ0v) is 17.2. The summed E-state index contributed by atoms with van der Waals surface area (Å²) in [6.45, 7) is 6.21. The third-order valence-electron chi connectivity index (χ3n) is 3.40. The topological polar surface area (TPSA) is 91.3 Å². The molecule has 1 rings (SSSR count). The lowest BCUT2D eigenvalue weighted by atomic mass is 10.1. The standard InChI is InChI=1S/C20H26ClNO6/c1-4-10-26-18(23)14-8-7-9-16(17(14)21)22-13-15(19(24)27-11-5-2)20(25)28-12-6-3/h7-9,13,15H,4-6,10-12H2,1-3H3. The zero-order chi connectivity index (χ0) is 20.9. The maximum absolute atomic E-state index is 12.2. The molecule has 0 heterocycles. The van der Waals surface area contributed by atoms with Gasteiger partial charge in [0.2, 0.25) is 0 Å². The van der Waals surface area contributed by atoms with Gasteiger partial charge in [-0.3, -0.25) is 14.6 Å². The number of hydrogen-bond donors (Lipinski definition) is 0. The van der Waals surface area contributed by atoms with E-state index in [1.165, 1.54) is 6.07 Å². The molecule has 0 fully saturated rings. The summed E-state index contributed by atoms with van der Waals surface area (Å²) in [6.07, 6.45) is 3.04. The molecule has 0 aromatic heterocycles. The van der Waals surface area contributed by atoms with Gasteiger partial charge >= 0.3 is 17.9 Å². The second-order valence-corrected chi connectivity index (χ2v) is 6.24. The summed E-state index contributed by atoms with van der Waals surface area (Å²) < 4.78 is 15.2. The molecule has 0 saturated carbocycles. The average Bonchev–Trinajstić information content (AvgIpc) is 2.69. The Hall–Kier alpha value is -2.41. The van der Waals surface area contributed by atoms with E-state index >= 15 is 0 Å². The lowest BCUT2D eigenvalue weighted by Crippen LogP contribution is -2.29. The van der Waals surface area contributed by atoms with Gasteiger partial charge in [-0.15, -0.1) is 0 Å². The van der Waals surface area contributed by atoms with Crippen molar-refractivity contribution in [3.63, 3.8) is 0 Å². The van der Waals surface area contributed by atoms with Gasteiger partial charge < -0.3 is 14.2 Å². The van der Waals surface area contributed by atoms with Crippen LogP contribution in [0.3, 0.4) is 0 Å². The van der Waals surface area contributed by atoms with Crippen molar-refractivity contribution in [1.29, 1.82) is 0 Å². The van der Waals surface area contributed by atoms with E-state index in [4.69, 9.17) is 25.8 Å². The monoisotopic (exact) mass is 411 g/mol. The molecule has 8 heteroatoms. The Kier molecular flexibility index (Phi) is 10.9.